The molecule has 0 saturated carbocycles. The number of carbonyl (C=O) groups excluding carboxylic acids is 1. The second-order valence-corrected chi connectivity index (χ2v) is 7.16. The summed E-state index contributed by atoms with van der Waals surface area (Å²) in [7, 11) is -3.63. The molecule has 0 spiro atoms. The summed E-state index contributed by atoms with van der Waals surface area (Å²) in [6.07, 6.45) is 0.723. The molecule has 0 bridgehead atoms. The van der Waals surface area contributed by atoms with Gasteiger partial charge in [0, 0.05) is 16.6 Å². The number of aryl methyl sites for hydroxylation is 1. The van der Waals surface area contributed by atoms with Gasteiger partial charge in [-0.3, -0.25) is 4.79 Å². The summed E-state index contributed by atoms with van der Waals surface area (Å²) in [5.74, 6) is -0.298. The Morgan fingerprint density at radius 3 is 2.63 bits per heavy atom. The zero-order valence-electron chi connectivity index (χ0n) is 10.8. The van der Waals surface area contributed by atoms with Gasteiger partial charge < -0.3 is 5.32 Å². The maximum Gasteiger partial charge on any atom is 0.251 e. The van der Waals surface area contributed by atoms with E-state index in [2.05, 4.69) is 21.2 Å². The summed E-state index contributed by atoms with van der Waals surface area (Å²) in [4.78, 5) is 12.0. The van der Waals surface area contributed by atoms with Gasteiger partial charge in [0.25, 0.3) is 5.91 Å². The third kappa shape index (κ3) is 4.59. The van der Waals surface area contributed by atoms with Crippen LogP contribution < -0.4 is 10.5 Å². The van der Waals surface area contributed by atoms with Crippen molar-refractivity contribution in [2.24, 2.45) is 5.14 Å². The Kier molecular flexibility index (Phi) is 5.51. The van der Waals surface area contributed by atoms with E-state index < -0.39 is 15.3 Å². The van der Waals surface area contributed by atoms with Crippen molar-refractivity contribution in [1.29, 1.82) is 0 Å². The molecular formula is C12H17BrN2O3S. The number of carbonyl (C=O) groups is 1. The predicted molar refractivity (Wildman–Crippen MR) is 78.4 cm³/mol. The van der Waals surface area contributed by atoms with Crippen molar-refractivity contribution in [1.82, 2.24) is 5.32 Å². The lowest BCUT2D eigenvalue weighted by atomic mass is 10.0. The van der Waals surface area contributed by atoms with E-state index in [1.165, 1.54) is 6.92 Å². The first-order valence-electron chi connectivity index (χ1n) is 5.84. The number of nitrogens with two attached hydrogens (primary N) is 1. The molecule has 1 unspecified atom stereocenters. The van der Waals surface area contributed by atoms with Gasteiger partial charge in [0.2, 0.25) is 10.0 Å². The Morgan fingerprint density at radius 2 is 2.11 bits per heavy atom. The molecule has 0 heterocycles. The van der Waals surface area contributed by atoms with Crippen molar-refractivity contribution in [3.63, 3.8) is 0 Å². The van der Waals surface area contributed by atoms with Crippen molar-refractivity contribution in [3.05, 3.63) is 33.8 Å². The molecule has 19 heavy (non-hydrogen) atoms. The normalized spacial score (nSPS) is 13.1. The molecule has 1 atom stereocenters. The van der Waals surface area contributed by atoms with Gasteiger partial charge in [0.1, 0.15) is 0 Å². The lowest BCUT2D eigenvalue weighted by molar-refractivity contribution is 0.0953. The highest BCUT2D eigenvalue weighted by atomic mass is 79.9. The van der Waals surface area contributed by atoms with Crippen molar-refractivity contribution in [2.45, 2.75) is 25.5 Å². The first-order chi connectivity index (χ1) is 8.75. The van der Waals surface area contributed by atoms with Gasteiger partial charge >= 0.3 is 0 Å². The summed E-state index contributed by atoms with van der Waals surface area (Å²) >= 11 is 3.31. The summed E-state index contributed by atoms with van der Waals surface area (Å²) < 4.78 is 23.0. The van der Waals surface area contributed by atoms with Crippen LogP contribution in [0.3, 0.4) is 0 Å². The fraction of sp³-hybridized carbons (Fsp3) is 0.417. The van der Waals surface area contributed by atoms with Gasteiger partial charge in [-0.2, -0.15) is 0 Å². The zero-order chi connectivity index (χ0) is 14.6. The Morgan fingerprint density at radius 1 is 1.47 bits per heavy atom. The molecule has 0 aromatic heterocycles. The number of amides is 1. The third-order valence-electron chi connectivity index (χ3n) is 2.81. The molecule has 5 nitrogen and oxygen atoms in total. The van der Waals surface area contributed by atoms with E-state index in [1.54, 1.807) is 6.07 Å². The Bertz CT molecular complexity index is 572. The predicted octanol–water partition coefficient (Wildman–Crippen LogP) is 1.42. The van der Waals surface area contributed by atoms with Crippen molar-refractivity contribution in [2.75, 3.05) is 6.54 Å². The minimum absolute atomic E-state index is 0.00661. The van der Waals surface area contributed by atoms with E-state index in [1.807, 2.05) is 19.1 Å². The summed E-state index contributed by atoms with van der Waals surface area (Å²) in [6, 6.07) is 5.44. The van der Waals surface area contributed by atoms with Gasteiger partial charge in [0.15, 0.2) is 0 Å². The van der Waals surface area contributed by atoms with E-state index >= 15 is 0 Å². The molecule has 0 aliphatic heterocycles. The fourth-order valence-corrected chi connectivity index (χ4v) is 2.19. The van der Waals surface area contributed by atoms with Crippen LogP contribution in [0.1, 0.15) is 29.8 Å². The molecule has 106 valence electrons. The molecule has 0 saturated heterocycles. The number of sulfonamides is 1. The molecule has 0 radical (unpaired) electrons. The fourth-order valence-electron chi connectivity index (χ4n) is 1.52. The van der Waals surface area contributed by atoms with Crippen LogP contribution in [0.4, 0.5) is 0 Å². The molecule has 0 fully saturated rings. The molecule has 7 heteroatoms. The average molecular weight is 349 g/mol. The van der Waals surface area contributed by atoms with Crippen LogP contribution in [0.15, 0.2) is 22.7 Å². The number of hydrogen-bond acceptors (Lipinski definition) is 3. The average Bonchev–Trinajstić information content (AvgIpc) is 2.34. The number of benzene rings is 1. The Labute approximate surface area is 121 Å². The maximum absolute atomic E-state index is 12.0. The maximum atomic E-state index is 12.0. The van der Waals surface area contributed by atoms with Gasteiger partial charge in [0.05, 0.1) is 5.25 Å². The number of nitrogens with one attached hydrogen (secondary N) is 1. The van der Waals surface area contributed by atoms with E-state index in [4.69, 9.17) is 5.14 Å². The topological polar surface area (TPSA) is 89.3 Å². The minimum Gasteiger partial charge on any atom is -0.351 e. The van der Waals surface area contributed by atoms with Gasteiger partial charge in [-0.15, -0.1) is 0 Å². The Balaban J connectivity index is 2.82. The molecule has 0 aliphatic rings. The monoisotopic (exact) mass is 348 g/mol. The van der Waals surface area contributed by atoms with Gasteiger partial charge in [-0.05, 0) is 31.0 Å². The van der Waals surface area contributed by atoms with E-state index in [0.717, 1.165) is 16.5 Å². The molecule has 3 N–H and O–H groups in total. The quantitative estimate of drug-likeness (QED) is 0.843. The summed E-state index contributed by atoms with van der Waals surface area (Å²) in [6.45, 7) is 3.40. The second kappa shape index (κ2) is 6.49. The summed E-state index contributed by atoms with van der Waals surface area (Å²) in [5.41, 5.74) is 1.45. The van der Waals surface area contributed by atoms with Crippen LogP contribution in [0.2, 0.25) is 0 Å². The van der Waals surface area contributed by atoms with Crippen LogP contribution in [-0.4, -0.2) is 26.1 Å². The lowest BCUT2D eigenvalue weighted by Crippen LogP contribution is -2.38. The summed E-state index contributed by atoms with van der Waals surface area (Å²) in [5, 5.41) is 6.77. The van der Waals surface area contributed by atoms with Crippen LogP contribution in [0.5, 0.6) is 0 Å². The van der Waals surface area contributed by atoms with Crippen molar-refractivity contribution < 1.29 is 13.2 Å². The highest BCUT2D eigenvalue weighted by molar-refractivity contribution is 9.10. The Hall–Kier alpha value is -0.920. The largest absolute Gasteiger partial charge is 0.351 e. The highest BCUT2D eigenvalue weighted by Gasteiger charge is 2.18. The molecule has 1 aromatic rings. The van der Waals surface area contributed by atoms with Gasteiger partial charge in [-0.25, -0.2) is 13.6 Å². The first-order valence-corrected chi connectivity index (χ1v) is 8.24. The SMILES string of the molecule is CCc1ccc(Br)cc1C(=O)NCC(C)S(N)(=O)=O. The standard InChI is InChI=1S/C12H17BrN2O3S/c1-3-9-4-5-10(13)6-11(9)12(16)15-7-8(2)19(14,17)18/h4-6,8H,3,7H2,1-2H3,(H,15,16)(H2,14,17,18). The van der Waals surface area contributed by atoms with E-state index in [0.29, 0.717) is 5.56 Å². The molecular weight excluding hydrogens is 332 g/mol. The number of halogens is 1. The van der Waals surface area contributed by atoms with E-state index in [9.17, 15) is 13.2 Å². The molecule has 1 amide bonds. The van der Waals surface area contributed by atoms with Crippen molar-refractivity contribution >= 4 is 31.9 Å². The zero-order valence-corrected chi connectivity index (χ0v) is 13.2. The second-order valence-electron chi connectivity index (χ2n) is 4.26. The van der Waals surface area contributed by atoms with Crippen LogP contribution >= 0.6 is 15.9 Å². The van der Waals surface area contributed by atoms with E-state index in [-0.39, 0.29) is 12.5 Å². The first kappa shape index (κ1) is 16.1. The smallest absolute Gasteiger partial charge is 0.251 e. The van der Waals surface area contributed by atoms with Crippen molar-refractivity contribution in [3.8, 4) is 0 Å². The third-order valence-corrected chi connectivity index (χ3v) is 4.59. The highest BCUT2D eigenvalue weighted by Crippen LogP contribution is 2.17. The lowest BCUT2D eigenvalue weighted by Gasteiger charge is -2.12. The van der Waals surface area contributed by atoms with Crippen LogP contribution in [-0.2, 0) is 16.4 Å². The van der Waals surface area contributed by atoms with Gasteiger partial charge in [-0.1, -0.05) is 28.9 Å². The minimum atomic E-state index is -3.63. The number of rotatable bonds is 5. The molecule has 0 aliphatic carbocycles. The van der Waals surface area contributed by atoms with Crippen LogP contribution in [0, 0.1) is 0 Å². The van der Waals surface area contributed by atoms with Crippen LogP contribution in [0.25, 0.3) is 0 Å². The molecule has 1 rings (SSSR count). The molecule has 1 aromatic carbocycles. The number of primary sulfonamides is 1. The number of hydrogen-bond donors (Lipinski definition) is 2.